The molecule has 23 heavy (non-hydrogen) atoms. The molecule has 1 amide bonds. The number of carbonyl (C=O) groups excluding carboxylic acids is 1. The molecule has 4 heteroatoms. The molecule has 2 fully saturated rings. The Labute approximate surface area is 140 Å². The van der Waals surface area contributed by atoms with Gasteiger partial charge in [0.1, 0.15) is 0 Å². The first kappa shape index (κ1) is 16.5. The van der Waals surface area contributed by atoms with E-state index in [1.165, 1.54) is 31.7 Å². The van der Waals surface area contributed by atoms with Crippen LogP contribution in [-0.4, -0.2) is 73.0 Å². The van der Waals surface area contributed by atoms with Crippen molar-refractivity contribution < 1.29 is 4.79 Å². The van der Waals surface area contributed by atoms with Crippen LogP contribution < -0.4 is 0 Å². The summed E-state index contributed by atoms with van der Waals surface area (Å²) in [6.07, 6.45) is 3.25. The molecule has 4 nitrogen and oxygen atoms in total. The summed E-state index contributed by atoms with van der Waals surface area (Å²) in [6.45, 7) is 8.61. The van der Waals surface area contributed by atoms with Gasteiger partial charge in [-0.25, -0.2) is 0 Å². The van der Waals surface area contributed by atoms with E-state index in [1.807, 2.05) is 17.0 Å². The average Bonchev–Trinajstić information content (AvgIpc) is 2.62. The first-order valence-corrected chi connectivity index (χ1v) is 8.98. The van der Waals surface area contributed by atoms with E-state index in [-0.39, 0.29) is 5.91 Å². The predicted molar refractivity (Wildman–Crippen MR) is 93.8 cm³/mol. The van der Waals surface area contributed by atoms with Crippen molar-refractivity contribution in [2.75, 3.05) is 46.3 Å². The third-order valence-electron chi connectivity index (χ3n) is 5.42. The van der Waals surface area contributed by atoms with Crippen LogP contribution in [0.1, 0.15) is 35.7 Å². The monoisotopic (exact) mass is 315 g/mol. The number of likely N-dealkylation sites (N-methyl/N-ethyl adjacent to an activating group) is 1. The van der Waals surface area contributed by atoms with Gasteiger partial charge in [0.2, 0.25) is 0 Å². The third-order valence-corrected chi connectivity index (χ3v) is 5.42. The summed E-state index contributed by atoms with van der Waals surface area (Å²) in [5.74, 6) is 0.199. The van der Waals surface area contributed by atoms with Crippen molar-refractivity contribution in [3.05, 3.63) is 35.4 Å². The highest BCUT2D eigenvalue weighted by molar-refractivity contribution is 5.94. The van der Waals surface area contributed by atoms with E-state index in [9.17, 15) is 4.79 Å². The molecule has 126 valence electrons. The van der Waals surface area contributed by atoms with E-state index >= 15 is 0 Å². The Bertz CT molecular complexity index is 512. The Morgan fingerprint density at radius 3 is 2.17 bits per heavy atom. The highest BCUT2D eigenvalue weighted by Gasteiger charge is 2.28. The van der Waals surface area contributed by atoms with Gasteiger partial charge >= 0.3 is 0 Å². The molecule has 1 aromatic carbocycles. The molecule has 0 saturated carbocycles. The number of hydrogen-bond donors (Lipinski definition) is 0. The molecule has 0 aromatic heterocycles. The molecule has 2 saturated heterocycles. The van der Waals surface area contributed by atoms with E-state index in [2.05, 4.69) is 35.9 Å². The maximum absolute atomic E-state index is 12.6. The lowest BCUT2D eigenvalue weighted by Crippen LogP contribution is -2.52. The van der Waals surface area contributed by atoms with Crippen LogP contribution in [0.25, 0.3) is 0 Å². The topological polar surface area (TPSA) is 26.8 Å². The van der Waals surface area contributed by atoms with Crippen molar-refractivity contribution in [1.29, 1.82) is 0 Å². The molecule has 0 aliphatic carbocycles. The first-order valence-electron chi connectivity index (χ1n) is 8.98. The summed E-state index contributed by atoms with van der Waals surface area (Å²) < 4.78 is 0. The predicted octanol–water partition coefficient (Wildman–Crippen LogP) is 2.10. The van der Waals surface area contributed by atoms with Crippen LogP contribution in [0.2, 0.25) is 0 Å². The minimum Gasteiger partial charge on any atom is -0.339 e. The second kappa shape index (κ2) is 7.45. The zero-order valence-corrected chi connectivity index (χ0v) is 14.5. The largest absolute Gasteiger partial charge is 0.339 e. The standard InChI is InChI=1S/C19H29N3O/c1-3-16-4-6-17(7-5-16)19(23)22-10-8-18(9-11-22)21-14-12-20(2)13-15-21/h4-7,18H,3,8-15H2,1-2H3. The number of piperidine rings is 1. The van der Waals surface area contributed by atoms with Crippen molar-refractivity contribution in [2.24, 2.45) is 0 Å². The third kappa shape index (κ3) is 3.93. The average molecular weight is 315 g/mol. The molecule has 0 bridgehead atoms. The Hall–Kier alpha value is -1.39. The minimum absolute atomic E-state index is 0.199. The van der Waals surface area contributed by atoms with Gasteiger partial charge < -0.3 is 9.80 Å². The molecule has 2 heterocycles. The fraction of sp³-hybridized carbons (Fsp3) is 0.632. The van der Waals surface area contributed by atoms with Gasteiger partial charge in [0.05, 0.1) is 0 Å². The molecule has 2 aliphatic heterocycles. The Morgan fingerprint density at radius 1 is 1.00 bits per heavy atom. The van der Waals surface area contributed by atoms with Gasteiger partial charge in [0, 0.05) is 50.9 Å². The maximum Gasteiger partial charge on any atom is 0.253 e. The van der Waals surface area contributed by atoms with Gasteiger partial charge in [-0.3, -0.25) is 9.69 Å². The summed E-state index contributed by atoms with van der Waals surface area (Å²) >= 11 is 0. The van der Waals surface area contributed by atoms with Gasteiger partial charge in [-0.15, -0.1) is 0 Å². The van der Waals surface area contributed by atoms with E-state index in [1.54, 1.807) is 0 Å². The molecule has 2 aliphatic rings. The number of likely N-dealkylation sites (tertiary alicyclic amines) is 1. The van der Waals surface area contributed by atoms with Crippen LogP contribution in [0.4, 0.5) is 0 Å². The van der Waals surface area contributed by atoms with Crippen molar-refractivity contribution >= 4 is 5.91 Å². The number of hydrogen-bond acceptors (Lipinski definition) is 3. The lowest BCUT2D eigenvalue weighted by Gasteiger charge is -2.42. The van der Waals surface area contributed by atoms with E-state index < -0.39 is 0 Å². The minimum atomic E-state index is 0.199. The number of rotatable bonds is 3. The van der Waals surface area contributed by atoms with E-state index in [0.29, 0.717) is 6.04 Å². The van der Waals surface area contributed by atoms with Crippen molar-refractivity contribution in [1.82, 2.24) is 14.7 Å². The van der Waals surface area contributed by atoms with Crippen molar-refractivity contribution in [2.45, 2.75) is 32.2 Å². The number of aryl methyl sites for hydroxylation is 1. The fourth-order valence-corrected chi connectivity index (χ4v) is 3.69. The zero-order chi connectivity index (χ0) is 16.2. The molecule has 0 atom stereocenters. The second-order valence-electron chi connectivity index (χ2n) is 6.91. The summed E-state index contributed by atoms with van der Waals surface area (Å²) in [6, 6.07) is 8.77. The smallest absolute Gasteiger partial charge is 0.253 e. The van der Waals surface area contributed by atoms with Crippen LogP contribution >= 0.6 is 0 Å². The molecule has 0 unspecified atom stereocenters. The van der Waals surface area contributed by atoms with Crippen LogP contribution in [0, 0.1) is 0 Å². The molecule has 0 N–H and O–H groups in total. The first-order chi connectivity index (χ1) is 11.2. The number of piperazine rings is 1. The SMILES string of the molecule is CCc1ccc(C(=O)N2CCC(N3CCN(C)CC3)CC2)cc1. The van der Waals surface area contributed by atoms with Gasteiger partial charge in [-0.2, -0.15) is 0 Å². The molecular weight excluding hydrogens is 286 g/mol. The van der Waals surface area contributed by atoms with Crippen LogP contribution in [-0.2, 0) is 6.42 Å². The van der Waals surface area contributed by atoms with Crippen molar-refractivity contribution in [3.8, 4) is 0 Å². The number of carbonyl (C=O) groups is 1. The molecule has 0 spiro atoms. The van der Waals surface area contributed by atoms with E-state index in [0.717, 1.165) is 37.9 Å². The van der Waals surface area contributed by atoms with Crippen LogP contribution in [0.5, 0.6) is 0 Å². The van der Waals surface area contributed by atoms with Crippen molar-refractivity contribution in [3.63, 3.8) is 0 Å². The normalized spacial score (nSPS) is 21.6. The molecule has 1 aromatic rings. The quantitative estimate of drug-likeness (QED) is 0.855. The van der Waals surface area contributed by atoms with Crippen LogP contribution in [0.15, 0.2) is 24.3 Å². The summed E-state index contributed by atoms with van der Waals surface area (Å²) in [5, 5.41) is 0. The van der Waals surface area contributed by atoms with Gasteiger partial charge in [0.25, 0.3) is 5.91 Å². The fourth-order valence-electron chi connectivity index (χ4n) is 3.69. The highest BCUT2D eigenvalue weighted by Crippen LogP contribution is 2.20. The lowest BCUT2D eigenvalue weighted by atomic mass is 10.0. The number of benzene rings is 1. The second-order valence-corrected chi connectivity index (χ2v) is 6.91. The molecule has 3 rings (SSSR count). The maximum atomic E-state index is 12.6. The summed E-state index contributed by atoms with van der Waals surface area (Å²) in [7, 11) is 2.20. The van der Waals surface area contributed by atoms with Crippen LogP contribution in [0.3, 0.4) is 0 Å². The number of amides is 1. The Kier molecular flexibility index (Phi) is 5.34. The highest BCUT2D eigenvalue weighted by atomic mass is 16.2. The zero-order valence-electron chi connectivity index (χ0n) is 14.5. The molecular formula is C19H29N3O. The lowest BCUT2D eigenvalue weighted by molar-refractivity contribution is 0.0519. The van der Waals surface area contributed by atoms with E-state index in [4.69, 9.17) is 0 Å². The van der Waals surface area contributed by atoms with Gasteiger partial charge in [0.15, 0.2) is 0 Å². The Balaban J connectivity index is 1.52. The summed E-state index contributed by atoms with van der Waals surface area (Å²) in [5.41, 5.74) is 2.12. The summed E-state index contributed by atoms with van der Waals surface area (Å²) in [4.78, 5) is 19.7. The molecule has 0 radical (unpaired) electrons. The Morgan fingerprint density at radius 2 is 1.61 bits per heavy atom. The number of nitrogens with zero attached hydrogens (tertiary/aromatic N) is 3. The van der Waals surface area contributed by atoms with Gasteiger partial charge in [-0.1, -0.05) is 19.1 Å². The van der Waals surface area contributed by atoms with Gasteiger partial charge in [-0.05, 0) is 44.0 Å².